The molecule has 4 N–H and O–H groups in total. The predicted molar refractivity (Wildman–Crippen MR) is 111 cm³/mol. The SMILES string of the molecule is CC(=O)NC1C(Oc2ccccc2-c2cccc(S(C)(=O)=O)c2)O[C@H](CO)C(O)C1O. The number of benzene rings is 2. The third-order valence-electron chi connectivity index (χ3n) is 4.95. The molecule has 0 radical (unpaired) electrons. The van der Waals surface area contributed by atoms with E-state index >= 15 is 0 Å². The first-order valence-electron chi connectivity index (χ1n) is 9.57. The van der Waals surface area contributed by atoms with Crippen LogP contribution in [0.25, 0.3) is 11.1 Å². The first-order chi connectivity index (χ1) is 14.6. The summed E-state index contributed by atoms with van der Waals surface area (Å²) in [4.78, 5) is 11.8. The molecule has 1 amide bonds. The molecule has 0 saturated carbocycles. The number of aliphatic hydroxyl groups is 3. The van der Waals surface area contributed by atoms with Gasteiger partial charge in [-0.1, -0.05) is 30.3 Å². The minimum absolute atomic E-state index is 0.142. The molecule has 5 atom stereocenters. The van der Waals surface area contributed by atoms with Crippen LogP contribution in [0.2, 0.25) is 0 Å². The van der Waals surface area contributed by atoms with Gasteiger partial charge in [-0.3, -0.25) is 4.79 Å². The van der Waals surface area contributed by atoms with Crippen molar-refractivity contribution in [3.8, 4) is 16.9 Å². The lowest BCUT2D eigenvalue weighted by molar-refractivity contribution is -0.244. The van der Waals surface area contributed by atoms with Gasteiger partial charge in [-0.15, -0.1) is 0 Å². The number of nitrogens with one attached hydrogen (secondary N) is 1. The van der Waals surface area contributed by atoms with Crippen molar-refractivity contribution in [1.29, 1.82) is 0 Å². The largest absolute Gasteiger partial charge is 0.462 e. The summed E-state index contributed by atoms with van der Waals surface area (Å²) in [5.74, 6) is -0.168. The summed E-state index contributed by atoms with van der Waals surface area (Å²) in [6.07, 6.45) is -4.10. The van der Waals surface area contributed by atoms with Crippen molar-refractivity contribution >= 4 is 15.7 Å². The maximum atomic E-state index is 11.9. The number of hydrogen-bond acceptors (Lipinski definition) is 8. The molecule has 168 valence electrons. The number of rotatable bonds is 6. The highest BCUT2D eigenvalue weighted by Gasteiger charge is 2.46. The number of carbonyl (C=O) groups excluding carboxylic acids is 1. The number of amides is 1. The summed E-state index contributed by atoms with van der Waals surface area (Å²) in [6.45, 7) is 0.682. The second-order valence-electron chi connectivity index (χ2n) is 7.35. The zero-order valence-corrected chi connectivity index (χ0v) is 17.8. The number of hydrogen-bond donors (Lipinski definition) is 4. The number of sulfone groups is 1. The Morgan fingerprint density at radius 3 is 2.48 bits per heavy atom. The van der Waals surface area contributed by atoms with Crippen LogP contribution >= 0.6 is 0 Å². The van der Waals surface area contributed by atoms with E-state index in [9.17, 15) is 28.5 Å². The molecule has 0 aromatic heterocycles. The minimum Gasteiger partial charge on any atom is -0.462 e. The number of aliphatic hydroxyl groups excluding tert-OH is 3. The molecule has 1 saturated heterocycles. The average Bonchev–Trinajstić information content (AvgIpc) is 2.73. The molecule has 10 heteroatoms. The normalized spacial score (nSPS) is 26.3. The molecule has 1 fully saturated rings. The van der Waals surface area contributed by atoms with Gasteiger partial charge in [0.15, 0.2) is 9.84 Å². The Bertz CT molecular complexity index is 1040. The van der Waals surface area contributed by atoms with E-state index in [1.165, 1.54) is 19.1 Å². The van der Waals surface area contributed by atoms with Crippen molar-refractivity contribution < 1.29 is 38.0 Å². The second kappa shape index (κ2) is 9.33. The molecule has 2 aromatic rings. The van der Waals surface area contributed by atoms with Gasteiger partial charge in [0.25, 0.3) is 0 Å². The first kappa shape index (κ1) is 23.2. The molecule has 4 unspecified atom stereocenters. The van der Waals surface area contributed by atoms with E-state index in [0.29, 0.717) is 16.9 Å². The molecule has 0 aliphatic carbocycles. The van der Waals surface area contributed by atoms with Gasteiger partial charge in [0.05, 0.1) is 11.5 Å². The van der Waals surface area contributed by atoms with Crippen molar-refractivity contribution in [2.45, 2.75) is 42.5 Å². The summed E-state index contributed by atoms with van der Waals surface area (Å²) in [5, 5.41) is 32.6. The fourth-order valence-corrected chi connectivity index (χ4v) is 4.07. The van der Waals surface area contributed by atoms with E-state index < -0.39 is 53.0 Å². The highest BCUT2D eigenvalue weighted by Crippen LogP contribution is 2.33. The smallest absolute Gasteiger partial charge is 0.223 e. The number of para-hydroxylation sites is 1. The Labute approximate surface area is 180 Å². The van der Waals surface area contributed by atoms with E-state index in [2.05, 4.69) is 5.32 Å². The molecule has 31 heavy (non-hydrogen) atoms. The topological polar surface area (TPSA) is 142 Å². The zero-order chi connectivity index (χ0) is 22.8. The molecule has 1 heterocycles. The monoisotopic (exact) mass is 451 g/mol. The molecule has 2 aromatic carbocycles. The lowest BCUT2D eigenvalue weighted by atomic mass is 9.96. The average molecular weight is 451 g/mol. The summed E-state index contributed by atoms with van der Waals surface area (Å²) >= 11 is 0. The molecule has 1 aliphatic rings. The summed E-state index contributed by atoms with van der Waals surface area (Å²) in [5.41, 5.74) is 1.13. The molecule has 1 aliphatic heterocycles. The third-order valence-corrected chi connectivity index (χ3v) is 6.06. The molecule has 0 spiro atoms. The van der Waals surface area contributed by atoms with Crippen molar-refractivity contribution in [3.63, 3.8) is 0 Å². The second-order valence-corrected chi connectivity index (χ2v) is 9.36. The third kappa shape index (κ3) is 5.23. The summed E-state index contributed by atoms with van der Waals surface area (Å²) < 4.78 is 35.4. The molecular weight excluding hydrogens is 426 g/mol. The van der Waals surface area contributed by atoms with Crippen LogP contribution in [0.5, 0.6) is 5.75 Å². The highest BCUT2D eigenvalue weighted by molar-refractivity contribution is 7.90. The van der Waals surface area contributed by atoms with Gasteiger partial charge in [-0.25, -0.2) is 8.42 Å². The van der Waals surface area contributed by atoms with E-state index in [4.69, 9.17) is 9.47 Å². The van der Waals surface area contributed by atoms with Crippen molar-refractivity contribution in [2.24, 2.45) is 0 Å². The Balaban J connectivity index is 1.98. The van der Waals surface area contributed by atoms with Crippen molar-refractivity contribution in [2.75, 3.05) is 12.9 Å². The Hall–Kier alpha value is -2.50. The maximum absolute atomic E-state index is 11.9. The predicted octanol–water partition coefficient (Wildman–Crippen LogP) is 0.0796. The fraction of sp³-hybridized carbons (Fsp3) is 0.381. The van der Waals surface area contributed by atoms with Gasteiger partial charge in [0, 0.05) is 18.7 Å². The molecule has 9 nitrogen and oxygen atoms in total. The van der Waals surface area contributed by atoms with E-state index in [1.54, 1.807) is 36.4 Å². The zero-order valence-electron chi connectivity index (χ0n) is 17.0. The number of ether oxygens (including phenoxy) is 2. The van der Waals surface area contributed by atoms with Crippen LogP contribution in [0.3, 0.4) is 0 Å². The summed E-state index contributed by atoms with van der Waals surface area (Å²) in [7, 11) is -3.42. The van der Waals surface area contributed by atoms with Crippen LogP contribution in [-0.4, -0.2) is 73.2 Å². The van der Waals surface area contributed by atoms with Gasteiger partial charge >= 0.3 is 0 Å². The lowest BCUT2D eigenvalue weighted by Gasteiger charge is -2.42. The summed E-state index contributed by atoms with van der Waals surface area (Å²) in [6, 6.07) is 12.0. The van der Waals surface area contributed by atoms with Gasteiger partial charge in [-0.05, 0) is 23.8 Å². The van der Waals surface area contributed by atoms with Gasteiger partial charge in [-0.2, -0.15) is 0 Å². The van der Waals surface area contributed by atoms with Gasteiger partial charge in [0.2, 0.25) is 12.2 Å². The Morgan fingerprint density at radius 2 is 1.84 bits per heavy atom. The van der Waals surface area contributed by atoms with Crippen molar-refractivity contribution in [3.05, 3.63) is 48.5 Å². The quantitative estimate of drug-likeness (QED) is 0.484. The first-order valence-corrected chi connectivity index (χ1v) is 11.5. The Kier molecular flexibility index (Phi) is 6.97. The van der Waals surface area contributed by atoms with Crippen LogP contribution in [0, 0.1) is 0 Å². The van der Waals surface area contributed by atoms with Crippen LogP contribution in [0.4, 0.5) is 0 Å². The van der Waals surface area contributed by atoms with Gasteiger partial charge in [0.1, 0.15) is 30.1 Å². The van der Waals surface area contributed by atoms with Crippen LogP contribution in [0.15, 0.2) is 53.4 Å². The highest BCUT2D eigenvalue weighted by atomic mass is 32.2. The van der Waals surface area contributed by atoms with Crippen LogP contribution in [0.1, 0.15) is 6.92 Å². The fourth-order valence-electron chi connectivity index (χ4n) is 3.40. The van der Waals surface area contributed by atoms with E-state index in [-0.39, 0.29) is 4.90 Å². The van der Waals surface area contributed by atoms with Crippen molar-refractivity contribution in [1.82, 2.24) is 5.32 Å². The number of carbonyl (C=O) groups is 1. The van der Waals surface area contributed by atoms with E-state index in [0.717, 1.165) is 6.26 Å². The van der Waals surface area contributed by atoms with Crippen LogP contribution in [-0.2, 0) is 19.4 Å². The van der Waals surface area contributed by atoms with E-state index in [1.807, 2.05) is 0 Å². The van der Waals surface area contributed by atoms with Gasteiger partial charge < -0.3 is 30.1 Å². The molecule has 3 rings (SSSR count). The lowest BCUT2D eigenvalue weighted by Crippen LogP contribution is -2.65. The minimum atomic E-state index is -3.42. The molecule has 0 bridgehead atoms. The Morgan fingerprint density at radius 1 is 1.13 bits per heavy atom. The maximum Gasteiger partial charge on any atom is 0.223 e. The molecular formula is C21H25NO8S. The standard InChI is InChI=1S/C21H25NO8S/c1-12(24)22-18-20(26)19(25)17(11-23)30-21(18)29-16-9-4-3-8-15(16)13-6-5-7-14(10-13)31(2,27)28/h3-10,17-21,23,25-26H,11H2,1-2H3,(H,22,24)/t17-,18?,19?,20?,21?/m1/s1. The van der Waals surface area contributed by atoms with Crippen LogP contribution < -0.4 is 10.1 Å².